The third kappa shape index (κ3) is 5.96. The first kappa shape index (κ1) is 23.8. The molecule has 33 heavy (non-hydrogen) atoms. The molecule has 0 spiro atoms. The molecule has 3 aromatic rings. The SMILES string of the molecule is CC(C)CNC(=O)c1ccc2c(=O)n(C[C@@H]3CCCO3)c(SCc3ccc(Cl)cc3)nc2c1. The highest BCUT2D eigenvalue weighted by Crippen LogP contribution is 2.25. The smallest absolute Gasteiger partial charge is 0.262 e. The molecule has 0 aliphatic carbocycles. The molecule has 0 saturated carbocycles. The van der Waals surface area contributed by atoms with Crippen molar-refractivity contribution < 1.29 is 9.53 Å². The van der Waals surface area contributed by atoms with Crippen LogP contribution in [-0.4, -0.2) is 34.7 Å². The van der Waals surface area contributed by atoms with Gasteiger partial charge in [0.25, 0.3) is 11.5 Å². The zero-order valence-corrected chi connectivity index (χ0v) is 20.4. The number of nitrogens with zero attached hydrogens (tertiary/aromatic N) is 2. The maximum atomic E-state index is 13.4. The fraction of sp³-hybridized carbons (Fsp3) is 0.400. The minimum absolute atomic E-state index is 0.0120. The average Bonchev–Trinajstić information content (AvgIpc) is 3.32. The molecule has 4 rings (SSSR count). The quantitative estimate of drug-likeness (QED) is 0.362. The molecule has 174 valence electrons. The molecule has 0 radical (unpaired) electrons. The van der Waals surface area contributed by atoms with E-state index in [0.717, 1.165) is 25.0 Å². The minimum Gasteiger partial charge on any atom is -0.376 e. The summed E-state index contributed by atoms with van der Waals surface area (Å²) in [7, 11) is 0. The summed E-state index contributed by atoms with van der Waals surface area (Å²) in [5.41, 5.74) is 2.01. The molecular weight excluding hydrogens is 458 g/mol. The van der Waals surface area contributed by atoms with Gasteiger partial charge in [0.15, 0.2) is 5.16 Å². The maximum Gasteiger partial charge on any atom is 0.262 e. The minimum atomic E-state index is -0.161. The van der Waals surface area contributed by atoms with E-state index in [1.807, 2.05) is 38.1 Å². The second-order valence-corrected chi connectivity index (χ2v) is 10.1. The Labute approximate surface area is 202 Å². The molecule has 1 N–H and O–H groups in total. The molecule has 1 aliphatic rings. The van der Waals surface area contributed by atoms with Crippen LogP contribution in [0, 0.1) is 5.92 Å². The largest absolute Gasteiger partial charge is 0.376 e. The number of aromatic nitrogens is 2. The second-order valence-electron chi connectivity index (χ2n) is 8.70. The lowest BCUT2D eigenvalue weighted by atomic mass is 10.1. The fourth-order valence-electron chi connectivity index (χ4n) is 3.73. The molecule has 2 aromatic carbocycles. The number of fused-ring (bicyclic) bond motifs is 1. The number of benzene rings is 2. The summed E-state index contributed by atoms with van der Waals surface area (Å²) in [5, 5.41) is 4.73. The molecule has 6 nitrogen and oxygen atoms in total. The summed E-state index contributed by atoms with van der Waals surface area (Å²) in [5.74, 6) is 0.842. The molecule has 0 unspecified atom stereocenters. The molecule has 1 saturated heterocycles. The number of hydrogen-bond acceptors (Lipinski definition) is 5. The Morgan fingerprint density at radius 2 is 2.06 bits per heavy atom. The Hall–Kier alpha value is -2.35. The Kier molecular flexibility index (Phi) is 7.73. The maximum absolute atomic E-state index is 13.4. The molecule has 1 aliphatic heterocycles. The van der Waals surface area contributed by atoms with Crippen LogP contribution < -0.4 is 10.9 Å². The van der Waals surface area contributed by atoms with E-state index in [-0.39, 0.29) is 17.6 Å². The van der Waals surface area contributed by atoms with Gasteiger partial charge < -0.3 is 10.1 Å². The van der Waals surface area contributed by atoms with Gasteiger partial charge in [-0.05, 0) is 54.7 Å². The van der Waals surface area contributed by atoms with Crippen molar-refractivity contribution in [1.29, 1.82) is 0 Å². The van der Waals surface area contributed by atoms with Crippen LogP contribution in [0.15, 0.2) is 52.4 Å². The zero-order valence-electron chi connectivity index (χ0n) is 18.8. The van der Waals surface area contributed by atoms with E-state index >= 15 is 0 Å². The van der Waals surface area contributed by atoms with E-state index in [9.17, 15) is 9.59 Å². The van der Waals surface area contributed by atoms with E-state index in [0.29, 0.717) is 51.4 Å². The van der Waals surface area contributed by atoms with Crippen molar-refractivity contribution in [3.05, 3.63) is 69.0 Å². The van der Waals surface area contributed by atoms with Gasteiger partial charge in [-0.3, -0.25) is 14.2 Å². The van der Waals surface area contributed by atoms with Crippen molar-refractivity contribution in [3.63, 3.8) is 0 Å². The second kappa shape index (κ2) is 10.7. The monoisotopic (exact) mass is 485 g/mol. The van der Waals surface area contributed by atoms with Gasteiger partial charge >= 0.3 is 0 Å². The van der Waals surface area contributed by atoms with Crippen LogP contribution in [0.25, 0.3) is 10.9 Å². The highest BCUT2D eigenvalue weighted by atomic mass is 35.5. The van der Waals surface area contributed by atoms with Gasteiger partial charge in [-0.2, -0.15) is 0 Å². The van der Waals surface area contributed by atoms with Crippen molar-refractivity contribution in [1.82, 2.24) is 14.9 Å². The van der Waals surface area contributed by atoms with Crippen LogP contribution in [0.1, 0.15) is 42.6 Å². The highest BCUT2D eigenvalue weighted by molar-refractivity contribution is 7.98. The number of hydrogen-bond donors (Lipinski definition) is 1. The Morgan fingerprint density at radius 1 is 1.27 bits per heavy atom. The van der Waals surface area contributed by atoms with Crippen LogP contribution in [0.4, 0.5) is 0 Å². The summed E-state index contributed by atoms with van der Waals surface area (Å²) >= 11 is 7.50. The predicted octanol–water partition coefficient (Wildman–Crippen LogP) is 4.91. The van der Waals surface area contributed by atoms with Crippen LogP contribution in [-0.2, 0) is 17.0 Å². The first-order chi connectivity index (χ1) is 15.9. The van der Waals surface area contributed by atoms with Crippen molar-refractivity contribution in [2.45, 2.75) is 50.2 Å². The first-order valence-corrected chi connectivity index (χ1v) is 12.6. The van der Waals surface area contributed by atoms with Crippen molar-refractivity contribution in [2.75, 3.05) is 13.2 Å². The average molecular weight is 486 g/mol. The Bertz CT molecular complexity index is 1190. The van der Waals surface area contributed by atoms with Gasteiger partial charge in [-0.15, -0.1) is 0 Å². The number of carbonyl (C=O) groups is 1. The van der Waals surface area contributed by atoms with Gasteiger partial charge in [-0.25, -0.2) is 4.98 Å². The highest BCUT2D eigenvalue weighted by Gasteiger charge is 2.21. The summed E-state index contributed by atoms with van der Waals surface area (Å²) in [4.78, 5) is 30.8. The van der Waals surface area contributed by atoms with Crippen molar-refractivity contribution in [3.8, 4) is 0 Å². The van der Waals surface area contributed by atoms with Crippen molar-refractivity contribution >= 4 is 40.2 Å². The molecule has 1 atom stereocenters. The van der Waals surface area contributed by atoms with Gasteiger partial charge in [0.05, 0.1) is 23.6 Å². The standard InChI is InChI=1S/C25H28ClN3O3S/c1-16(2)13-27-23(30)18-7-10-21-22(12-18)28-25(33-15-17-5-8-19(26)9-6-17)29(24(21)31)14-20-4-3-11-32-20/h5-10,12,16,20H,3-4,11,13-15H2,1-2H3,(H,27,30)/t20-/m0/s1. The van der Waals surface area contributed by atoms with Crippen LogP contribution >= 0.6 is 23.4 Å². The molecule has 1 fully saturated rings. The number of ether oxygens (including phenoxy) is 1. The number of thioether (sulfide) groups is 1. The number of halogens is 1. The van der Waals surface area contributed by atoms with Gasteiger partial charge in [0.2, 0.25) is 0 Å². The van der Waals surface area contributed by atoms with E-state index in [1.165, 1.54) is 11.8 Å². The zero-order chi connectivity index (χ0) is 23.4. The van der Waals surface area contributed by atoms with Gasteiger partial charge in [0.1, 0.15) is 0 Å². The van der Waals surface area contributed by atoms with Gasteiger partial charge in [0, 0.05) is 29.5 Å². The van der Waals surface area contributed by atoms with Crippen LogP contribution in [0.5, 0.6) is 0 Å². The third-order valence-electron chi connectivity index (χ3n) is 5.54. The van der Waals surface area contributed by atoms with E-state index in [1.54, 1.807) is 22.8 Å². The number of rotatable bonds is 8. The molecular formula is C25H28ClN3O3S. The molecule has 8 heteroatoms. The molecule has 1 aromatic heterocycles. The molecule has 0 bridgehead atoms. The van der Waals surface area contributed by atoms with Crippen LogP contribution in [0.2, 0.25) is 5.02 Å². The Balaban J connectivity index is 1.67. The van der Waals surface area contributed by atoms with Crippen LogP contribution in [0.3, 0.4) is 0 Å². The lowest BCUT2D eigenvalue weighted by molar-refractivity contribution is 0.0937. The molecule has 2 heterocycles. The lowest BCUT2D eigenvalue weighted by Crippen LogP contribution is -2.29. The van der Waals surface area contributed by atoms with Crippen molar-refractivity contribution in [2.24, 2.45) is 5.92 Å². The topological polar surface area (TPSA) is 73.2 Å². The number of amides is 1. The third-order valence-corrected chi connectivity index (χ3v) is 6.84. The summed E-state index contributed by atoms with van der Waals surface area (Å²) < 4.78 is 7.51. The number of carbonyl (C=O) groups excluding carboxylic acids is 1. The summed E-state index contributed by atoms with van der Waals surface area (Å²) in [6, 6.07) is 12.7. The molecule has 1 amide bonds. The normalized spacial score (nSPS) is 15.9. The van der Waals surface area contributed by atoms with E-state index in [4.69, 9.17) is 21.3 Å². The first-order valence-electron chi connectivity index (χ1n) is 11.2. The lowest BCUT2D eigenvalue weighted by Gasteiger charge is -2.17. The number of nitrogens with one attached hydrogen (secondary N) is 1. The predicted molar refractivity (Wildman–Crippen MR) is 133 cm³/mol. The summed E-state index contributed by atoms with van der Waals surface area (Å²) in [6.07, 6.45) is 1.95. The summed E-state index contributed by atoms with van der Waals surface area (Å²) in [6.45, 7) is 5.88. The Morgan fingerprint density at radius 3 is 2.76 bits per heavy atom. The van der Waals surface area contributed by atoms with Gasteiger partial charge in [-0.1, -0.05) is 49.3 Å². The fourth-order valence-corrected chi connectivity index (χ4v) is 4.82. The van der Waals surface area contributed by atoms with E-state index in [2.05, 4.69) is 5.32 Å². The van der Waals surface area contributed by atoms with E-state index < -0.39 is 0 Å².